The van der Waals surface area contributed by atoms with Crippen LogP contribution in [0.1, 0.15) is 0 Å². The molecule has 102 valence electrons. The third-order valence-corrected chi connectivity index (χ3v) is 5.16. The van der Waals surface area contributed by atoms with Crippen LogP contribution in [-0.2, 0) is 0 Å². The molecule has 0 aliphatic heterocycles. The van der Waals surface area contributed by atoms with Gasteiger partial charge in [0.25, 0.3) is 0 Å². The van der Waals surface area contributed by atoms with Crippen LogP contribution < -0.4 is 0 Å². The Hall–Kier alpha value is -1.75. The van der Waals surface area contributed by atoms with Crippen molar-refractivity contribution in [2.45, 2.75) is 0 Å². The zero-order valence-electron chi connectivity index (χ0n) is 10.8. The lowest BCUT2D eigenvalue weighted by atomic mass is 10.1. The van der Waals surface area contributed by atoms with Gasteiger partial charge in [0.15, 0.2) is 0 Å². The van der Waals surface area contributed by atoms with Crippen LogP contribution >= 0.6 is 34.3 Å². The Labute approximate surface area is 134 Å². The van der Waals surface area contributed by atoms with Crippen molar-refractivity contribution in [3.8, 4) is 21.8 Å². The van der Waals surface area contributed by atoms with Gasteiger partial charge < -0.3 is 0 Å². The molecule has 21 heavy (non-hydrogen) atoms. The molecule has 0 spiro atoms. The molecule has 0 saturated carbocycles. The summed E-state index contributed by atoms with van der Waals surface area (Å²) in [7, 11) is 0. The third kappa shape index (κ3) is 2.46. The van der Waals surface area contributed by atoms with Crippen LogP contribution in [-0.4, -0.2) is 9.97 Å². The summed E-state index contributed by atoms with van der Waals surface area (Å²) in [5, 5.41) is 3.84. The van der Waals surface area contributed by atoms with Crippen molar-refractivity contribution in [3.05, 3.63) is 58.4 Å². The fourth-order valence-electron chi connectivity index (χ4n) is 2.15. The zero-order valence-corrected chi connectivity index (χ0v) is 13.2. The monoisotopic (exact) mass is 328 g/mol. The van der Waals surface area contributed by atoms with E-state index in [-0.39, 0.29) is 0 Å². The Morgan fingerprint density at radius 2 is 1.71 bits per heavy atom. The normalized spacial score (nSPS) is 11.1. The minimum Gasteiger partial charge on any atom is -0.245 e. The second-order valence-electron chi connectivity index (χ2n) is 4.58. The molecule has 2 nitrogen and oxygen atoms in total. The van der Waals surface area contributed by atoms with Gasteiger partial charge in [-0.25, -0.2) is 9.97 Å². The Morgan fingerprint density at radius 3 is 2.57 bits per heavy atom. The van der Waals surface area contributed by atoms with E-state index in [1.54, 1.807) is 22.7 Å². The summed E-state index contributed by atoms with van der Waals surface area (Å²) in [5.41, 5.74) is 6.13. The predicted octanol–water partition coefficient (Wildman–Crippen LogP) is 5.74. The van der Waals surface area contributed by atoms with E-state index in [1.165, 1.54) is 4.70 Å². The van der Waals surface area contributed by atoms with Crippen molar-refractivity contribution in [3.63, 3.8) is 0 Å². The molecule has 5 heteroatoms. The maximum atomic E-state index is 5.92. The minimum absolute atomic E-state index is 0.742. The molecule has 0 unspecified atom stereocenters. The quantitative estimate of drug-likeness (QED) is 0.469. The first kappa shape index (κ1) is 13.0. The van der Waals surface area contributed by atoms with Crippen molar-refractivity contribution in [2.75, 3.05) is 0 Å². The molecule has 2 heterocycles. The summed E-state index contributed by atoms with van der Waals surface area (Å²) in [6.45, 7) is 0. The average molecular weight is 329 g/mol. The molecule has 2 aromatic heterocycles. The Balaban J connectivity index is 1.74. The number of rotatable bonds is 2. The molecule has 0 fully saturated rings. The molecule has 0 aliphatic carbocycles. The van der Waals surface area contributed by atoms with Gasteiger partial charge in [-0.3, -0.25) is 0 Å². The SMILES string of the molecule is Clc1ccc(-c2nc(-c3ccc4ncsc4c3)cs2)cc1. The molecule has 4 aromatic rings. The van der Waals surface area contributed by atoms with Crippen LogP contribution in [0.2, 0.25) is 5.02 Å². The lowest BCUT2D eigenvalue weighted by Gasteiger charge is -1.97. The summed E-state index contributed by atoms with van der Waals surface area (Å²) in [4.78, 5) is 9.03. The van der Waals surface area contributed by atoms with Crippen LogP contribution in [0.5, 0.6) is 0 Å². The standard InChI is InChI=1S/C16H9ClN2S2/c17-12-4-1-10(2-5-12)16-19-14(8-20-16)11-3-6-13-15(7-11)21-9-18-13/h1-9H. The van der Waals surface area contributed by atoms with Crippen molar-refractivity contribution in [1.82, 2.24) is 9.97 Å². The fourth-order valence-corrected chi connectivity index (χ4v) is 3.82. The number of nitrogens with zero attached hydrogens (tertiary/aromatic N) is 2. The highest BCUT2D eigenvalue weighted by molar-refractivity contribution is 7.16. The van der Waals surface area contributed by atoms with E-state index in [4.69, 9.17) is 16.6 Å². The second kappa shape index (κ2) is 5.22. The largest absolute Gasteiger partial charge is 0.245 e. The number of fused-ring (bicyclic) bond motifs is 1. The summed E-state index contributed by atoms with van der Waals surface area (Å²) >= 11 is 9.22. The Morgan fingerprint density at radius 1 is 0.905 bits per heavy atom. The smallest absolute Gasteiger partial charge is 0.124 e. The van der Waals surface area contributed by atoms with Crippen LogP contribution in [0.3, 0.4) is 0 Å². The van der Waals surface area contributed by atoms with Gasteiger partial charge in [-0.1, -0.05) is 29.8 Å². The first-order chi connectivity index (χ1) is 10.3. The maximum Gasteiger partial charge on any atom is 0.124 e. The fraction of sp³-hybridized carbons (Fsp3) is 0. The Kier molecular flexibility index (Phi) is 3.22. The van der Waals surface area contributed by atoms with E-state index < -0.39 is 0 Å². The molecule has 2 aromatic carbocycles. The van der Waals surface area contributed by atoms with Crippen molar-refractivity contribution in [1.29, 1.82) is 0 Å². The summed E-state index contributed by atoms with van der Waals surface area (Å²) in [6.07, 6.45) is 0. The lowest BCUT2D eigenvalue weighted by molar-refractivity contribution is 1.40. The molecule has 4 rings (SSSR count). The van der Waals surface area contributed by atoms with Gasteiger partial charge in [0.05, 0.1) is 21.4 Å². The first-order valence-corrected chi connectivity index (χ1v) is 8.48. The molecular formula is C16H9ClN2S2. The van der Waals surface area contributed by atoms with E-state index in [0.717, 1.165) is 32.4 Å². The first-order valence-electron chi connectivity index (χ1n) is 6.35. The van der Waals surface area contributed by atoms with Crippen molar-refractivity contribution in [2.24, 2.45) is 0 Å². The van der Waals surface area contributed by atoms with Gasteiger partial charge in [-0.15, -0.1) is 22.7 Å². The Bertz CT molecular complexity index is 909. The minimum atomic E-state index is 0.742. The molecule has 0 saturated heterocycles. The van der Waals surface area contributed by atoms with E-state index in [1.807, 2.05) is 35.8 Å². The van der Waals surface area contributed by atoms with Gasteiger partial charge in [0.1, 0.15) is 5.01 Å². The highest BCUT2D eigenvalue weighted by Gasteiger charge is 2.08. The van der Waals surface area contributed by atoms with E-state index in [2.05, 4.69) is 22.5 Å². The molecule has 0 aliphatic rings. The number of halogens is 1. The van der Waals surface area contributed by atoms with Gasteiger partial charge in [-0.2, -0.15) is 0 Å². The van der Waals surface area contributed by atoms with Gasteiger partial charge in [0.2, 0.25) is 0 Å². The lowest BCUT2D eigenvalue weighted by Crippen LogP contribution is -1.79. The van der Waals surface area contributed by atoms with Crippen LogP contribution in [0, 0.1) is 0 Å². The van der Waals surface area contributed by atoms with Gasteiger partial charge in [0, 0.05) is 21.5 Å². The second-order valence-corrected chi connectivity index (χ2v) is 6.76. The van der Waals surface area contributed by atoms with E-state index in [0.29, 0.717) is 0 Å². The van der Waals surface area contributed by atoms with Crippen molar-refractivity contribution < 1.29 is 0 Å². The molecule has 0 amide bonds. The third-order valence-electron chi connectivity index (χ3n) is 3.22. The van der Waals surface area contributed by atoms with Gasteiger partial charge in [-0.05, 0) is 24.3 Å². The molecule has 0 N–H and O–H groups in total. The highest BCUT2D eigenvalue weighted by Crippen LogP contribution is 2.31. The molecule has 0 atom stereocenters. The number of hydrogen-bond acceptors (Lipinski definition) is 4. The summed E-state index contributed by atoms with van der Waals surface area (Å²) < 4.78 is 1.19. The number of thiazole rings is 2. The van der Waals surface area contributed by atoms with Crippen LogP contribution in [0.25, 0.3) is 32.0 Å². The van der Waals surface area contributed by atoms with Crippen LogP contribution in [0.15, 0.2) is 53.4 Å². The zero-order chi connectivity index (χ0) is 14.2. The summed E-state index contributed by atoms with van der Waals surface area (Å²) in [6, 6.07) is 14.0. The number of benzene rings is 2. The van der Waals surface area contributed by atoms with E-state index in [9.17, 15) is 0 Å². The molecule has 0 radical (unpaired) electrons. The maximum absolute atomic E-state index is 5.92. The topological polar surface area (TPSA) is 25.8 Å². The van der Waals surface area contributed by atoms with E-state index >= 15 is 0 Å². The van der Waals surface area contributed by atoms with Gasteiger partial charge >= 0.3 is 0 Å². The molecule has 0 bridgehead atoms. The van der Waals surface area contributed by atoms with Crippen molar-refractivity contribution >= 4 is 44.5 Å². The number of hydrogen-bond donors (Lipinski definition) is 0. The summed E-state index contributed by atoms with van der Waals surface area (Å²) in [5.74, 6) is 0. The number of aromatic nitrogens is 2. The highest BCUT2D eigenvalue weighted by atomic mass is 35.5. The predicted molar refractivity (Wildman–Crippen MR) is 91.2 cm³/mol. The average Bonchev–Trinajstić information content (AvgIpc) is 3.16. The van der Waals surface area contributed by atoms with Crippen LogP contribution in [0.4, 0.5) is 0 Å². The molecular weight excluding hydrogens is 320 g/mol.